The second kappa shape index (κ2) is 12.3. The summed E-state index contributed by atoms with van der Waals surface area (Å²) in [6.45, 7) is 17.4. The van der Waals surface area contributed by atoms with E-state index in [1.54, 1.807) is 0 Å². The number of rotatable bonds is 11. The molecule has 0 aliphatic carbocycles. The van der Waals surface area contributed by atoms with Crippen LogP contribution in [-0.4, -0.2) is 32.4 Å². The Morgan fingerprint density at radius 2 is 1.66 bits per heavy atom. The minimum absolute atomic E-state index is 0.199. The fraction of sp³-hybridized carbons (Fsp3) is 0.680. The van der Waals surface area contributed by atoms with Crippen molar-refractivity contribution < 1.29 is 18.8 Å². The molecule has 0 saturated heterocycles. The topological polar surface area (TPSA) is 64.6 Å². The summed E-state index contributed by atoms with van der Waals surface area (Å²) < 4.78 is 12.5. The Balaban J connectivity index is 2.56. The summed E-state index contributed by atoms with van der Waals surface area (Å²) in [7, 11) is -1.73. The van der Waals surface area contributed by atoms with E-state index in [1.165, 1.54) is 0 Å². The highest BCUT2D eigenvalue weighted by molar-refractivity contribution is 9.10. The largest absolute Gasteiger partial charge is 0.444 e. The van der Waals surface area contributed by atoms with E-state index >= 15 is 0 Å². The van der Waals surface area contributed by atoms with Crippen LogP contribution in [0.2, 0.25) is 18.1 Å². The third kappa shape index (κ3) is 10.6. The van der Waals surface area contributed by atoms with Crippen LogP contribution in [-0.2, 0) is 14.0 Å². The Kier molecular flexibility index (Phi) is 11.1. The molecule has 1 atom stereocenters. The zero-order valence-corrected chi connectivity index (χ0v) is 23.7. The molecule has 32 heavy (non-hydrogen) atoms. The molecular weight excluding hydrogens is 486 g/mol. The van der Waals surface area contributed by atoms with E-state index in [4.69, 9.17) is 9.16 Å². The smallest absolute Gasteiger partial charge is 0.408 e. The van der Waals surface area contributed by atoms with Crippen LogP contribution in [0.3, 0.4) is 0 Å². The van der Waals surface area contributed by atoms with Crippen molar-refractivity contribution in [3.8, 4) is 0 Å². The normalized spacial score (nSPS) is 13.5. The first-order chi connectivity index (χ1) is 14.6. The maximum atomic E-state index is 12.5. The van der Waals surface area contributed by atoms with Crippen molar-refractivity contribution in [1.82, 2.24) is 5.32 Å². The van der Waals surface area contributed by atoms with Gasteiger partial charge in [0.05, 0.1) is 6.04 Å². The van der Waals surface area contributed by atoms with Crippen LogP contribution in [0.25, 0.3) is 0 Å². The van der Waals surface area contributed by atoms with Gasteiger partial charge in [0, 0.05) is 23.9 Å². The molecular formula is C25H42BrNO4Si. The number of amides is 1. The van der Waals surface area contributed by atoms with Crippen LogP contribution in [0.5, 0.6) is 0 Å². The van der Waals surface area contributed by atoms with Crippen LogP contribution in [0, 0.1) is 0 Å². The van der Waals surface area contributed by atoms with Gasteiger partial charge in [-0.05, 0) is 69.8 Å². The maximum Gasteiger partial charge on any atom is 0.408 e. The van der Waals surface area contributed by atoms with Gasteiger partial charge >= 0.3 is 6.09 Å². The molecule has 1 rings (SSSR count). The molecule has 0 saturated carbocycles. The Bertz CT molecular complexity index is 753. The highest BCUT2D eigenvalue weighted by Gasteiger charge is 2.36. The van der Waals surface area contributed by atoms with E-state index < -0.39 is 20.0 Å². The monoisotopic (exact) mass is 527 g/mol. The molecule has 7 heteroatoms. The van der Waals surface area contributed by atoms with Crippen molar-refractivity contribution in [2.75, 3.05) is 6.61 Å². The van der Waals surface area contributed by atoms with Gasteiger partial charge in [-0.25, -0.2) is 4.79 Å². The first-order valence-electron chi connectivity index (χ1n) is 11.5. The summed E-state index contributed by atoms with van der Waals surface area (Å²) in [5.41, 5.74) is 0.360. The van der Waals surface area contributed by atoms with E-state index in [0.29, 0.717) is 25.9 Å². The van der Waals surface area contributed by atoms with Crippen molar-refractivity contribution in [1.29, 1.82) is 0 Å². The number of carbonyl (C=O) groups is 2. The van der Waals surface area contributed by atoms with E-state index in [0.717, 1.165) is 22.9 Å². The molecule has 0 radical (unpaired) electrons. The number of hydrogen-bond acceptors (Lipinski definition) is 4. The lowest BCUT2D eigenvalue weighted by Crippen LogP contribution is -2.40. The molecule has 1 aromatic carbocycles. The second-order valence-corrected chi connectivity index (χ2v) is 16.5. The highest BCUT2D eigenvalue weighted by Crippen LogP contribution is 2.36. The average Bonchev–Trinajstić information content (AvgIpc) is 2.63. The fourth-order valence-electron chi connectivity index (χ4n) is 2.91. The van der Waals surface area contributed by atoms with Crippen LogP contribution in [0.15, 0.2) is 28.7 Å². The van der Waals surface area contributed by atoms with Crippen molar-refractivity contribution >= 4 is 36.1 Å². The molecule has 1 amide bonds. The molecule has 0 bridgehead atoms. The van der Waals surface area contributed by atoms with E-state index in [9.17, 15) is 9.59 Å². The summed E-state index contributed by atoms with van der Waals surface area (Å²) >= 11 is 3.56. The summed E-state index contributed by atoms with van der Waals surface area (Å²) in [5, 5.41) is 3.13. The number of ether oxygens (including phenoxy) is 1. The summed E-state index contributed by atoms with van der Waals surface area (Å²) in [6, 6.07) is 7.44. The summed E-state index contributed by atoms with van der Waals surface area (Å²) in [5.74, 6) is 0.209. The quantitative estimate of drug-likeness (QED) is 0.238. The number of halogens is 1. The molecule has 1 aromatic rings. The molecule has 0 heterocycles. The zero-order chi connectivity index (χ0) is 24.6. The van der Waals surface area contributed by atoms with Gasteiger partial charge in [-0.2, -0.15) is 0 Å². The lowest BCUT2D eigenvalue weighted by molar-refractivity contribution is -0.119. The van der Waals surface area contributed by atoms with Crippen molar-refractivity contribution in [2.24, 2.45) is 0 Å². The van der Waals surface area contributed by atoms with Crippen LogP contribution < -0.4 is 5.32 Å². The number of unbranched alkanes of at least 4 members (excludes halogenated alkanes) is 1. The molecule has 0 spiro atoms. The minimum atomic E-state index is -1.73. The van der Waals surface area contributed by atoms with Gasteiger partial charge < -0.3 is 14.5 Å². The summed E-state index contributed by atoms with van der Waals surface area (Å²) in [4.78, 5) is 24.9. The predicted octanol–water partition coefficient (Wildman–Crippen LogP) is 7.56. The maximum absolute atomic E-state index is 12.5. The Morgan fingerprint density at radius 1 is 1.03 bits per heavy atom. The first kappa shape index (κ1) is 28.8. The Morgan fingerprint density at radius 3 is 2.22 bits per heavy atom. The standard InChI is InChI=1S/C25H42BrNO4Si/c1-24(2,3)31-23(29)27-22(20-14-9-10-15-21(20)26)17-16-19(28)13-11-12-18-30-32(7,8)25(4,5)6/h9-10,14-15,22H,11-13,16-18H2,1-8H3,(H,27,29)/t22-/m0/s1. The number of benzene rings is 1. The van der Waals surface area contributed by atoms with Gasteiger partial charge in [0.2, 0.25) is 0 Å². The van der Waals surface area contributed by atoms with Gasteiger partial charge in [-0.1, -0.05) is 54.9 Å². The molecule has 0 unspecified atom stereocenters. The molecule has 182 valence electrons. The van der Waals surface area contributed by atoms with Crippen molar-refractivity contribution in [3.63, 3.8) is 0 Å². The average molecular weight is 529 g/mol. The van der Waals surface area contributed by atoms with Gasteiger partial charge in [0.15, 0.2) is 8.32 Å². The second-order valence-electron chi connectivity index (χ2n) is 10.9. The molecule has 0 aromatic heterocycles. The molecule has 5 nitrogen and oxygen atoms in total. The SMILES string of the molecule is CC(C)(C)OC(=O)N[C@@H](CCC(=O)CCCCO[Si](C)(C)C(C)(C)C)c1ccccc1Br. The zero-order valence-electron chi connectivity index (χ0n) is 21.1. The molecule has 1 N–H and O–H groups in total. The number of ketones is 1. The number of hydrogen-bond donors (Lipinski definition) is 1. The fourth-order valence-corrected chi connectivity index (χ4v) is 4.56. The number of carbonyl (C=O) groups excluding carboxylic acids is 2. The highest BCUT2D eigenvalue weighted by atomic mass is 79.9. The van der Waals surface area contributed by atoms with Crippen molar-refractivity contribution in [2.45, 2.75) is 103 Å². The van der Waals surface area contributed by atoms with Gasteiger partial charge in [-0.3, -0.25) is 4.79 Å². The van der Waals surface area contributed by atoms with Crippen molar-refractivity contribution in [3.05, 3.63) is 34.3 Å². The summed E-state index contributed by atoms with van der Waals surface area (Å²) in [6.07, 6.45) is 2.71. The number of alkyl carbamates (subject to hydrolysis) is 1. The van der Waals surface area contributed by atoms with Crippen LogP contribution >= 0.6 is 15.9 Å². The number of Topliss-reactive ketones (excluding diaryl/α,β-unsaturated/α-hetero) is 1. The third-order valence-electron chi connectivity index (χ3n) is 5.80. The van der Waals surface area contributed by atoms with Crippen LogP contribution in [0.4, 0.5) is 4.79 Å². The number of nitrogens with one attached hydrogen (secondary N) is 1. The van der Waals surface area contributed by atoms with E-state index in [2.05, 4.69) is 55.1 Å². The Hall–Kier alpha value is -1.18. The molecule has 0 aliphatic heterocycles. The lowest BCUT2D eigenvalue weighted by atomic mass is 9.99. The van der Waals surface area contributed by atoms with Gasteiger partial charge in [0.25, 0.3) is 0 Å². The Labute approximate surface area is 204 Å². The molecule has 0 aliphatic rings. The first-order valence-corrected chi connectivity index (χ1v) is 15.2. The van der Waals surface area contributed by atoms with Gasteiger partial charge in [-0.15, -0.1) is 0 Å². The minimum Gasteiger partial charge on any atom is -0.444 e. The van der Waals surface area contributed by atoms with E-state index in [1.807, 2.05) is 45.0 Å². The predicted molar refractivity (Wildman–Crippen MR) is 137 cm³/mol. The van der Waals surface area contributed by atoms with E-state index in [-0.39, 0.29) is 16.9 Å². The lowest BCUT2D eigenvalue weighted by Gasteiger charge is -2.36. The third-order valence-corrected chi connectivity index (χ3v) is 11.1. The van der Waals surface area contributed by atoms with Crippen LogP contribution in [0.1, 0.15) is 85.3 Å². The molecule has 0 fully saturated rings. The van der Waals surface area contributed by atoms with Gasteiger partial charge in [0.1, 0.15) is 11.4 Å².